The molecule has 0 aromatic heterocycles. The summed E-state index contributed by atoms with van der Waals surface area (Å²) in [6, 6.07) is 1.98. The van der Waals surface area contributed by atoms with E-state index in [1.54, 1.807) is 6.21 Å². The lowest BCUT2D eigenvalue weighted by Gasteiger charge is -2.28. The molecule has 0 aliphatic carbocycles. The third-order valence-electron chi connectivity index (χ3n) is 3.38. The predicted molar refractivity (Wildman–Crippen MR) is 93.5 cm³/mol. The Kier molecular flexibility index (Phi) is 5.37. The van der Waals surface area contributed by atoms with Crippen LogP contribution in [0.5, 0.6) is 11.5 Å². The van der Waals surface area contributed by atoms with Crippen molar-refractivity contribution < 1.29 is 10.2 Å². The number of rotatable bonds is 3. The maximum Gasteiger partial charge on any atom is 0.166 e. The van der Waals surface area contributed by atoms with Crippen LogP contribution >= 0.6 is 12.6 Å². The first kappa shape index (κ1) is 17.9. The number of hydrogen-bond acceptors (Lipinski definition) is 4. The first-order valence-corrected chi connectivity index (χ1v) is 7.84. The van der Waals surface area contributed by atoms with Gasteiger partial charge in [-0.1, -0.05) is 47.6 Å². The van der Waals surface area contributed by atoms with Crippen molar-refractivity contribution >= 4 is 18.8 Å². The second kappa shape index (κ2) is 6.30. The molecule has 0 unspecified atom stereocenters. The Morgan fingerprint density at radius 2 is 1.52 bits per heavy atom. The van der Waals surface area contributed by atoms with Crippen LogP contribution in [0.3, 0.4) is 0 Å². The number of phenols is 2. The maximum atomic E-state index is 10.4. The van der Waals surface area contributed by atoms with E-state index in [9.17, 15) is 10.2 Å². The van der Waals surface area contributed by atoms with Gasteiger partial charge >= 0.3 is 0 Å². The van der Waals surface area contributed by atoms with Crippen molar-refractivity contribution in [2.75, 3.05) is 12.3 Å². The predicted octanol–water partition coefficient (Wildman–Crippen LogP) is 4.04. The van der Waals surface area contributed by atoms with E-state index in [1.807, 2.05) is 26.8 Å². The molecule has 0 fully saturated rings. The first-order chi connectivity index (χ1) is 9.50. The number of aliphatic imine (C=N–C) groups is 1. The SMILES string of the molecule is CC(C)(C)c1cc(C(C)(C)C)c(C=NCCS)c(O)c1O. The van der Waals surface area contributed by atoms with Crippen molar-refractivity contribution in [1.29, 1.82) is 0 Å². The quantitative estimate of drug-likeness (QED) is 0.448. The van der Waals surface area contributed by atoms with Gasteiger partial charge in [-0.3, -0.25) is 4.99 Å². The number of aromatic hydroxyl groups is 2. The van der Waals surface area contributed by atoms with Gasteiger partial charge in [-0.25, -0.2) is 0 Å². The van der Waals surface area contributed by atoms with E-state index in [0.717, 1.165) is 11.1 Å². The third kappa shape index (κ3) is 4.16. The van der Waals surface area contributed by atoms with Gasteiger partial charge in [0.1, 0.15) is 0 Å². The van der Waals surface area contributed by atoms with Gasteiger partial charge in [0, 0.05) is 29.6 Å². The summed E-state index contributed by atoms with van der Waals surface area (Å²) in [5.41, 5.74) is 1.91. The molecule has 0 aliphatic rings. The number of phenolic OH excluding ortho intramolecular Hbond substituents is 2. The number of thiol groups is 1. The van der Waals surface area contributed by atoms with Gasteiger partial charge in [-0.15, -0.1) is 0 Å². The zero-order valence-corrected chi connectivity index (χ0v) is 14.8. The van der Waals surface area contributed by atoms with Crippen molar-refractivity contribution in [2.24, 2.45) is 4.99 Å². The zero-order chi connectivity index (χ0) is 16.4. The summed E-state index contributed by atoms with van der Waals surface area (Å²) in [4.78, 5) is 4.26. The molecule has 118 valence electrons. The normalized spacial score (nSPS) is 13.1. The summed E-state index contributed by atoms with van der Waals surface area (Å²) in [6.45, 7) is 12.9. The molecule has 21 heavy (non-hydrogen) atoms. The Balaban J connectivity index is 3.60. The fraction of sp³-hybridized carbons (Fsp3) is 0.588. The van der Waals surface area contributed by atoms with Crippen LogP contribution in [-0.2, 0) is 10.8 Å². The lowest BCUT2D eigenvalue weighted by Crippen LogP contribution is -2.19. The Morgan fingerprint density at radius 3 is 1.95 bits per heavy atom. The topological polar surface area (TPSA) is 52.8 Å². The summed E-state index contributed by atoms with van der Waals surface area (Å²) in [7, 11) is 0. The van der Waals surface area contributed by atoms with Crippen molar-refractivity contribution in [3.63, 3.8) is 0 Å². The average molecular weight is 309 g/mol. The van der Waals surface area contributed by atoms with E-state index in [4.69, 9.17) is 0 Å². The van der Waals surface area contributed by atoms with Gasteiger partial charge in [0.25, 0.3) is 0 Å². The van der Waals surface area contributed by atoms with Gasteiger partial charge < -0.3 is 10.2 Å². The summed E-state index contributed by atoms with van der Waals surface area (Å²) in [6.07, 6.45) is 1.64. The van der Waals surface area contributed by atoms with Crippen LogP contribution in [0.1, 0.15) is 58.2 Å². The summed E-state index contributed by atoms with van der Waals surface area (Å²) in [5.74, 6) is 0.506. The molecule has 0 saturated carbocycles. The second-order valence-corrected chi connectivity index (χ2v) is 7.79. The second-order valence-electron chi connectivity index (χ2n) is 7.34. The lowest BCUT2D eigenvalue weighted by atomic mass is 9.77. The van der Waals surface area contributed by atoms with Crippen LogP contribution < -0.4 is 0 Å². The molecule has 2 N–H and O–H groups in total. The minimum Gasteiger partial charge on any atom is -0.504 e. The Bertz CT molecular complexity index is 537. The van der Waals surface area contributed by atoms with E-state index >= 15 is 0 Å². The highest BCUT2D eigenvalue weighted by Gasteiger charge is 2.28. The largest absolute Gasteiger partial charge is 0.504 e. The van der Waals surface area contributed by atoms with E-state index in [2.05, 4.69) is 38.4 Å². The molecule has 1 aromatic carbocycles. The Morgan fingerprint density at radius 1 is 1.00 bits per heavy atom. The molecule has 0 heterocycles. The highest BCUT2D eigenvalue weighted by atomic mass is 32.1. The molecule has 3 nitrogen and oxygen atoms in total. The molecule has 0 spiro atoms. The standard InChI is InChI=1S/C17H27NO2S/c1-16(2,3)12-9-13(17(4,5)6)15(20)14(19)11(12)10-18-7-8-21/h9-10,19-21H,7-8H2,1-6H3. The van der Waals surface area contributed by atoms with Gasteiger partial charge in [-0.2, -0.15) is 12.6 Å². The summed E-state index contributed by atoms with van der Waals surface area (Å²) < 4.78 is 0. The smallest absolute Gasteiger partial charge is 0.166 e. The maximum absolute atomic E-state index is 10.4. The molecular formula is C17H27NO2S. The van der Waals surface area contributed by atoms with Gasteiger partial charge in [0.15, 0.2) is 11.5 Å². The van der Waals surface area contributed by atoms with Gasteiger partial charge in [0.05, 0.1) is 0 Å². The zero-order valence-electron chi connectivity index (χ0n) is 13.9. The van der Waals surface area contributed by atoms with Crippen molar-refractivity contribution in [1.82, 2.24) is 0 Å². The van der Waals surface area contributed by atoms with E-state index in [1.165, 1.54) is 0 Å². The molecule has 0 aliphatic heterocycles. The van der Waals surface area contributed by atoms with Gasteiger partial charge in [0.2, 0.25) is 0 Å². The fourth-order valence-corrected chi connectivity index (χ4v) is 2.33. The molecular weight excluding hydrogens is 282 g/mol. The van der Waals surface area contributed by atoms with Gasteiger partial charge in [-0.05, 0) is 16.4 Å². The molecule has 1 aromatic rings. The molecule has 0 bridgehead atoms. The molecule has 0 saturated heterocycles. The first-order valence-electron chi connectivity index (χ1n) is 7.20. The van der Waals surface area contributed by atoms with Crippen LogP contribution in [-0.4, -0.2) is 28.7 Å². The van der Waals surface area contributed by atoms with Crippen LogP contribution in [0, 0.1) is 0 Å². The third-order valence-corrected chi connectivity index (χ3v) is 3.58. The lowest BCUT2D eigenvalue weighted by molar-refractivity contribution is 0.386. The summed E-state index contributed by atoms with van der Waals surface area (Å²) >= 11 is 4.12. The highest BCUT2D eigenvalue weighted by Crippen LogP contribution is 2.43. The number of hydrogen-bond donors (Lipinski definition) is 3. The van der Waals surface area contributed by atoms with Crippen LogP contribution in [0.25, 0.3) is 0 Å². The minimum absolute atomic E-state index is 0.0529. The molecule has 4 heteroatoms. The minimum atomic E-state index is -0.248. The van der Waals surface area contributed by atoms with Crippen LogP contribution in [0.2, 0.25) is 0 Å². The van der Waals surface area contributed by atoms with Crippen molar-refractivity contribution in [3.05, 3.63) is 22.8 Å². The van der Waals surface area contributed by atoms with Crippen molar-refractivity contribution in [3.8, 4) is 11.5 Å². The van der Waals surface area contributed by atoms with E-state index in [-0.39, 0.29) is 22.3 Å². The molecule has 0 amide bonds. The average Bonchev–Trinajstić information content (AvgIpc) is 2.31. The van der Waals surface area contributed by atoms with E-state index in [0.29, 0.717) is 17.9 Å². The monoisotopic (exact) mass is 309 g/mol. The molecule has 1 rings (SSSR count). The van der Waals surface area contributed by atoms with E-state index < -0.39 is 0 Å². The summed E-state index contributed by atoms with van der Waals surface area (Å²) in [5, 5.41) is 20.8. The Labute approximate surface area is 133 Å². The fourth-order valence-electron chi connectivity index (χ4n) is 2.21. The van der Waals surface area contributed by atoms with Crippen LogP contribution in [0.4, 0.5) is 0 Å². The molecule has 0 radical (unpaired) electrons. The van der Waals surface area contributed by atoms with Crippen molar-refractivity contribution in [2.45, 2.75) is 52.4 Å². The molecule has 0 atom stereocenters. The highest BCUT2D eigenvalue weighted by molar-refractivity contribution is 7.80. The Hall–Kier alpha value is -1.16. The number of nitrogens with zero attached hydrogens (tertiary/aromatic N) is 1. The van der Waals surface area contributed by atoms with Crippen LogP contribution in [0.15, 0.2) is 11.1 Å². The number of benzene rings is 1.